The number of benzene rings is 2. The van der Waals surface area contributed by atoms with Crippen molar-refractivity contribution in [3.8, 4) is 0 Å². The molecule has 0 spiro atoms. The van der Waals surface area contributed by atoms with Crippen LogP contribution in [0.15, 0.2) is 54.6 Å². The molecule has 1 amide bonds. The number of rotatable bonds is 4. The first-order valence-corrected chi connectivity index (χ1v) is 9.89. The summed E-state index contributed by atoms with van der Waals surface area (Å²) in [7, 11) is 0. The van der Waals surface area contributed by atoms with Crippen LogP contribution in [0.5, 0.6) is 0 Å². The Labute approximate surface area is 165 Å². The van der Waals surface area contributed by atoms with Crippen molar-refractivity contribution in [3.63, 3.8) is 0 Å². The number of hydrogen-bond donors (Lipinski definition) is 1. The molecule has 2 heterocycles. The Morgan fingerprint density at radius 1 is 1.04 bits per heavy atom. The quantitative estimate of drug-likeness (QED) is 0.744. The topological polar surface area (TPSA) is 50.2 Å². The average molecular weight is 372 g/mol. The molecule has 0 unspecified atom stereocenters. The third-order valence-corrected chi connectivity index (χ3v) is 5.79. The predicted octanol–water partition coefficient (Wildman–Crippen LogP) is 4.28. The molecule has 142 valence electrons. The molecule has 1 N–H and O–H groups in total. The molecule has 1 aliphatic heterocycles. The standard InChI is InChI=1S/C23H24N4O/c1-15-21(16(2)26(25-15)14-17-8-4-3-5-9-17)22-24-20-11-7-6-10-19(20)23(28)27(22)18-12-13-18/h3-11,18,22,24H,12-14H2,1-2H3/t22-/m1/s1. The van der Waals surface area contributed by atoms with Gasteiger partial charge in [0.1, 0.15) is 6.17 Å². The van der Waals surface area contributed by atoms with Crippen molar-refractivity contribution in [1.29, 1.82) is 0 Å². The fraction of sp³-hybridized carbons (Fsp3) is 0.304. The molecule has 1 atom stereocenters. The SMILES string of the molecule is Cc1nn(Cc2ccccc2)c(C)c1[C@@H]1Nc2ccccc2C(=O)N1C1CC1. The van der Waals surface area contributed by atoms with E-state index in [9.17, 15) is 4.79 Å². The first-order valence-electron chi connectivity index (χ1n) is 9.89. The van der Waals surface area contributed by atoms with Crippen molar-refractivity contribution in [2.45, 2.75) is 45.4 Å². The van der Waals surface area contributed by atoms with Crippen LogP contribution < -0.4 is 5.32 Å². The third kappa shape index (κ3) is 2.78. The Morgan fingerprint density at radius 3 is 2.50 bits per heavy atom. The lowest BCUT2D eigenvalue weighted by Crippen LogP contribution is -2.44. The Kier molecular flexibility index (Phi) is 3.97. The smallest absolute Gasteiger partial charge is 0.258 e. The van der Waals surface area contributed by atoms with Gasteiger partial charge in [0.05, 0.1) is 17.8 Å². The average Bonchev–Trinajstić information content (AvgIpc) is 3.49. The first-order chi connectivity index (χ1) is 13.6. The number of nitrogens with zero attached hydrogens (tertiary/aromatic N) is 3. The zero-order chi connectivity index (χ0) is 19.3. The van der Waals surface area contributed by atoms with E-state index in [2.05, 4.69) is 41.2 Å². The maximum absolute atomic E-state index is 13.3. The Hall–Kier alpha value is -3.08. The molecule has 0 saturated heterocycles. The minimum atomic E-state index is -0.167. The summed E-state index contributed by atoms with van der Waals surface area (Å²) in [5.41, 5.74) is 6.09. The van der Waals surface area contributed by atoms with Crippen LogP contribution in [0.25, 0.3) is 0 Å². The van der Waals surface area contributed by atoms with Crippen molar-refractivity contribution < 1.29 is 4.79 Å². The number of anilines is 1. The van der Waals surface area contributed by atoms with Gasteiger partial charge in [-0.05, 0) is 44.4 Å². The highest BCUT2D eigenvalue weighted by atomic mass is 16.2. The van der Waals surface area contributed by atoms with Gasteiger partial charge in [0, 0.05) is 23.0 Å². The van der Waals surface area contributed by atoms with Crippen molar-refractivity contribution in [2.24, 2.45) is 0 Å². The molecule has 5 heteroatoms. The van der Waals surface area contributed by atoms with E-state index in [4.69, 9.17) is 5.10 Å². The van der Waals surface area contributed by atoms with Crippen LogP contribution in [0.4, 0.5) is 5.69 Å². The molecule has 2 aliphatic rings. The van der Waals surface area contributed by atoms with Crippen LogP contribution in [0.2, 0.25) is 0 Å². The lowest BCUT2D eigenvalue weighted by atomic mass is 10.0. The van der Waals surface area contributed by atoms with Gasteiger partial charge in [-0.25, -0.2) is 0 Å². The fourth-order valence-electron chi connectivity index (χ4n) is 4.23. The zero-order valence-electron chi connectivity index (χ0n) is 16.2. The van der Waals surface area contributed by atoms with Crippen LogP contribution >= 0.6 is 0 Å². The number of carbonyl (C=O) groups excluding carboxylic acids is 1. The minimum absolute atomic E-state index is 0.122. The second kappa shape index (κ2) is 6.51. The highest BCUT2D eigenvalue weighted by molar-refractivity contribution is 6.02. The maximum Gasteiger partial charge on any atom is 0.258 e. The summed E-state index contributed by atoms with van der Waals surface area (Å²) in [6, 6.07) is 18.5. The van der Waals surface area contributed by atoms with Crippen LogP contribution in [-0.4, -0.2) is 26.6 Å². The van der Waals surface area contributed by atoms with Gasteiger partial charge >= 0.3 is 0 Å². The summed E-state index contributed by atoms with van der Waals surface area (Å²) in [6.45, 7) is 4.88. The molecule has 1 saturated carbocycles. The van der Waals surface area contributed by atoms with E-state index in [0.717, 1.165) is 47.6 Å². The molecule has 28 heavy (non-hydrogen) atoms. The fourth-order valence-corrected chi connectivity index (χ4v) is 4.23. The van der Waals surface area contributed by atoms with Gasteiger partial charge in [0.25, 0.3) is 5.91 Å². The lowest BCUT2D eigenvalue weighted by molar-refractivity contribution is 0.0665. The Morgan fingerprint density at radius 2 is 1.75 bits per heavy atom. The number of carbonyl (C=O) groups is 1. The molecule has 0 bridgehead atoms. The molecule has 5 rings (SSSR count). The number of para-hydroxylation sites is 1. The minimum Gasteiger partial charge on any atom is -0.361 e. The molecule has 3 aromatic rings. The molecular formula is C23H24N4O. The second-order valence-corrected chi connectivity index (χ2v) is 7.76. The molecule has 5 nitrogen and oxygen atoms in total. The van der Waals surface area contributed by atoms with Crippen molar-refractivity contribution in [3.05, 3.63) is 82.7 Å². The van der Waals surface area contributed by atoms with Crippen molar-refractivity contribution in [2.75, 3.05) is 5.32 Å². The molecule has 1 aromatic heterocycles. The van der Waals surface area contributed by atoms with Gasteiger partial charge in [-0.15, -0.1) is 0 Å². The number of hydrogen-bond acceptors (Lipinski definition) is 3. The normalized spacial score (nSPS) is 18.7. The van der Waals surface area contributed by atoms with Crippen LogP contribution in [0.3, 0.4) is 0 Å². The van der Waals surface area contributed by atoms with Crippen LogP contribution in [0.1, 0.15) is 51.9 Å². The summed E-state index contributed by atoms with van der Waals surface area (Å²) < 4.78 is 2.05. The largest absolute Gasteiger partial charge is 0.361 e. The van der Waals surface area contributed by atoms with Crippen molar-refractivity contribution >= 4 is 11.6 Å². The molecule has 1 aliphatic carbocycles. The van der Waals surface area contributed by atoms with Crippen LogP contribution in [-0.2, 0) is 6.54 Å². The van der Waals surface area contributed by atoms with Gasteiger partial charge in [-0.1, -0.05) is 42.5 Å². The van der Waals surface area contributed by atoms with E-state index in [1.807, 2.05) is 42.2 Å². The van der Waals surface area contributed by atoms with Gasteiger partial charge in [0.2, 0.25) is 0 Å². The second-order valence-electron chi connectivity index (χ2n) is 7.76. The van der Waals surface area contributed by atoms with E-state index < -0.39 is 0 Å². The van der Waals surface area contributed by atoms with E-state index in [0.29, 0.717) is 6.04 Å². The Bertz CT molecular complexity index is 1040. The number of aryl methyl sites for hydroxylation is 1. The van der Waals surface area contributed by atoms with E-state index in [1.165, 1.54) is 5.56 Å². The molecule has 2 aromatic carbocycles. The monoisotopic (exact) mass is 372 g/mol. The lowest BCUT2D eigenvalue weighted by Gasteiger charge is -2.38. The summed E-state index contributed by atoms with van der Waals surface area (Å²) in [4.78, 5) is 15.3. The number of amides is 1. The van der Waals surface area contributed by atoms with Gasteiger partial charge in [-0.2, -0.15) is 5.10 Å². The maximum atomic E-state index is 13.3. The highest BCUT2D eigenvalue weighted by Gasteiger charge is 2.43. The first kappa shape index (κ1) is 17.0. The summed E-state index contributed by atoms with van der Waals surface area (Å²) in [5.74, 6) is 0.122. The molecular weight excluding hydrogens is 348 g/mol. The van der Waals surface area contributed by atoms with Gasteiger partial charge in [-0.3, -0.25) is 9.48 Å². The van der Waals surface area contributed by atoms with Gasteiger partial charge < -0.3 is 10.2 Å². The summed E-state index contributed by atoms with van der Waals surface area (Å²) in [5, 5.41) is 8.44. The number of nitrogens with one attached hydrogen (secondary N) is 1. The zero-order valence-corrected chi connectivity index (χ0v) is 16.2. The van der Waals surface area contributed by atoms with Crippen molar-refractivity contribution in [1.82, 2.24) is 14.7 Å². The number of fused-ring (bicyclic) bond motifs is 1. The van der Waals surface area contributed by atoms with E-state index in [1.54, 1.807) is 0 Å². The number of aromatic nitrogens is 2. The molecule has 1 fully saturated rings. The van der Waals surface area contributed by atoms with Crippen LogP contribution in [0, 0.1) is 13.8 Å². The van der Waals surface area contributed by atoms with E-state index in [-0.39, 0.29) is 12.1 Å². The van der Waals surface area contributed by atoms with Gasteiger partial charge in [0.15, 0.2) is 0 Å². The Balaban J connectivity index is 1.55. The molecule has 0 radical (unpaired) electrons. The van der Waals surface area contributed by atoms with E-state index >= 15 is 0 Å². The summed E-state index contributed by atoms with van der Waals surface area (Å²) in [6.07, 6.45) is 1.98. The highest BCUT2D eigenvalue weighted by Crippen LogP contribution is 2.42. The summed E-state index contributed by atoms with van der Waals surface area (Å²) >= 11 is 0. The predicted molar refractivity (Wildman–Crippen MR) is 109 cm³/mol. The third-order valence-electron chi connectivity index (χ3n) is 5.79.